The summed E-state index contributed by atoms with van der Waals surface area (Å²) in [6, 6.07) is 22.7. The van der Waals surface area contributed by atoms with Crippen molar-refractivity contribution in [2.45, 2.75) is 0 Å². The SMILES string of the molecule is c1ccc(-c2cccc3scnc23)c(-c2nc3c4cccnc4c4ncccc4c3[nH]2)c1. The predicted molar refractivity (Wildman–Crippen MR) is 131 cm³/mol. The average Bonchev–Trinajstić information content (AvgIpc) is 3.52. The summed E-state index contributed by atoms with van der Waals surface area (Å²) in [5.74, 6) is 0.823. The van der Waals surface area contributed by atoms with Crippen molar-refractivity contribution >= 4 is 54.4 Å². The van der Waals surface area contributed by atoms with E-state index in [1.165, 1.54) is 4.70 Å². The number of thiazole rings is 1. The molecule has 0 spiro atoms. The Morgan fingerprint density at radius 2 is 1.34 bits per heavy atom. The minimum atomic E-state index is 0.823. The van der Waals surface area contributed by atoms with Gasteiger partial charge in [-0.05, 0) is 35.9 Å². The maximum atomic E-state index is 5.07. The molecule has 0 aliphatic carbocycles. The van der Waals surface area contributed by atoms with E-state index in [0.29, 0.717) is 0 Å². The second kappa shape index (κ2) is 6.67. The van der Waals surface area contributed by atoms with Crippen LogP contribution in [0.3, 0.4) is 0 Å². The molecule has 7 rings (SSSR count). The number of aromatic amines is 1. The Morgan fingerprint density at radius 1 is 0.594 bits per heavy atom. The molecule has 0 atom stereocenters. The van der Waals surface area contributed by atoms with Gasteiger partial charge in [-0.1, -0.05) is 36.4 Å². The van der Waals surface area contributed by atoms with Crippen molar-refractivity contribution in [2.75, 3.05) is 0 Å². The molecule has 0 amide bonds. The molecule has 0 saturated carbocycles. The lowest BCUT2D eigenvalue weighted by molar-refractivity contribution is 1.34. The molecule has 0 aliphatic rings. The van der Waals surface area contributed by atoms with Gasteiger partial charge in [0.2, 0.25) is 0 Å². The number of imidazole rings is 1. The van der Waals surface area contributed by atoms with E-state index in [0.717, 1.165) is 60.9 Å². The summed E-state index contributed by atoms with van der Waals surface area (Å²) in [6.45, 7) is 0. The van der Waals surface area contributed by atoms with Gasteiger partial charge in [-0.2, -0.15) is 0 Å². The minimum absolute atomic E-state index is 0.823. The largest absolute Gasteiger partial charge is 0.337 e. The lowest BCUT2D eigenvalue weighted by Crippen LogP contribution is -1.88. The summed E-state index contributed by atoms with van der Waals surface area (Å²) >= 11 is 1.66. The molecule has 1 N–H and O–H groups in total. The van der Waals surface area contributed by atoms with Crippen LogP contribution in [0.15, 0.2) is 84.6 Å². The molecule has 150 valence electrons. The van der Waals surface area contributed by atoms with Gasteiger partial charge in [-0.3, -0.25) is 9.97 Å². The van der Waals surface area contributed by atoms with Crippen molar-refractivity contribution in [2.24, 2.45) is 0 Å². The first-order valence-electron chi connectivity index (χ1n) is 10.3. The van der Waals surface area contributed by atoms with Crippen LogP contribution < -0.4 is 0 Å². The number of H-pyrrole nitrogens is 1. The average molecular weight is 430 g/mol. The van der Waals surface area contributed by atoms with Crippen molar-refractivity contribution < 1.29 is 0 Å². The van der Waals surface area contributed by atoms with Gasteiger partial charge in [0, 0.05) is 34.3 Å². The molecule has 4 heterocycles. The highest BCUT2D eigenvalue weighted by molar-refractivity contribution is 7.16. The van der Waals surface area contributed by atoms with Gasteiger partial charge in [0.1, 0.15) is 5.82 Å². The van der Waals surface area contributed by atoms with E-state index in [1.807, 2.05) is 29.9 Å². The van der Waals surface area contributed by atoms with Gasteiger partial charge >= 0.3 is 0 Å². The Labute approximate surface area is 186 Å². The molecule has 6 heteroatoms. The quantitative estimate of drug-likeness (QED) is 0.314. The maximum absolute atomic E-state index is 5.07. The first kappa shape index (κ1) is 17.5. The third kappa shape index (κ3) is 2.44. The highest BCUT2D eigenvalue weighted by atomic mass is 32.1. The number of nitrogens with zero attached hydrogens (tertiary/aromatic N) is 4. The third-order valence-electron chi connectivity index (χ3n) is 5.90. The van der Waals surface area contributed by atoms with Crippen molar-refractivity contribution in [3.8, 4) is 22.5 Å². The summed E-state index contributed by atoms with van der Waals surface area (Å²) in [4.78, 5) is 22.5. The van der Waals surface area contributed by atoms with Crippen LogP contribution >= 0.6 is 11.3 Å². The first-order valence-corrected chi connectivity index (χ1v) is 11.2. The van der Waals surface area contributed by atoms with Gasteiger partial charge in [0.05, 0.1) is 37.8 Å². The second-order valence-corrected chi connectivity index (χ2v) is 8.54. The van der Waals surface area contributed by atoms with E-state index in [9.17, 15) is 0 Å². The predicted octanol–water partition coefficient (Wildman–Crippen LogP) is 6.60. The smallest absolute Gasteiger partial charge is 0.139 e. The second-order valence-electron chi connectivity index (χ2n) is 7.66. The fraction of sp³-hybridized carbons (Fsp3) is 0. The molecule has 32 heavy (non-hydrogen) atoms. The number of hydrogen-bond acceptors (Lipinski definition) is 5. The maximum Gasteiger partial charge on any atom is 0.139 e. The molecule has 0 bridgehead atoms. The first-order chi connectivity index (χ1) is 15.9. The number of nitrogens with one attached hydrogen (secondary N) is 1. The number of benzene rings is 3. The van der Waals surface area contributed by atoms with Gasteiger partial charge in [0.25, 0.3) is 0 Å². The van der Waals surface area contributed by atoms with Gasteiger partial charge in [-0.15, -0.1) is 11.3 Å². The fourth-order valence-electron chi connectivity index (χ4n) is 4.50. The summed E-state index contributed by atoms with van der Waals surface area (Å²) in [6.07, 6.45) is 3.61. The Balaban J connectivity index is 1.56. The van der Waals surface area contributed by atoms with Crippen LogP contribution in [0.25, 0.3) is 65.6 Å². The Bertz CT molecular complexity index is 1720. The van der Waals surface area contributed by atoms with Crippen LogP contribution in [0.2, 0.25) is 0 Å². The Morgan fingerprint density at radius 3 is 2.22 bits per heavy atom. The zero-order valence-corrected chi connectivity index (χ0v) is 17.6. The van der Waals surface area contributed by atoms with Gasteiger partial charge in [-0.25, -0.2) is 9.97 Å². The summed E-state index contributed by atoms with van der Waals surface area (Å²) in [7, 11) is 0. The molecule has 0 aliphatic heterocycles. The Kier molecular flexibility index (Phi) is 3.65. The number of para-hydroxylation sites is 1. The highest BCUT2D eigenvalue weighted by Crippen LogP contribution is 2.38. The molecular formula is C26H15N5S. The van der Waals surface area contributed by atoms with Crippen LogP contribution in [-0.2, 0) is 0 Å². The third-order valence-corrected chi connectivity index (χ3v) is 6.70. The minimum Gasteiger partial charge on any atom is -0.337 e. The lowest BCUT2D eigenvalue weighted by atomic mass is 9.98. The molecule has 0 saturated heterocycles. The molecule has 3 aromatic carbocycles. The molecule has 7 aromatic rings. The highest BCUT2D eigenvalue weighted by Gasteiger charge is 2.18. The number of pyridine rings is 2. The topological polar surface area (TPSA) is 67.3 Å². The van der Waals surface area contributed by atoms with Crippen molar-refractivity contribution in [3.05, 3.63) is 84.6 Å². The van der Waals surface area contributed by atoms with E-state index in [-0.39, 0.29) is 0 Å². The molecule has 0 fully saturated rings. The van der Waals surface area contributed by atoms with Crippen LogP contribution in [0.5, 0.6) is 0 Å². The summed E-state index contributed by atoms with van der Waals surface area (Å²) in [5.41, 5.74) is 9.81. The van der Waals surface area contributed by atoms with Gasteiger partial charge in [0.15, 0.2) is 0 Å². The van der Waals surface area contributed by atoms with E-state index >= 15 is 0 Å². The lowest BCUT2D eigenvalue weighted by Gasteiger charge is -2.08. The standard InChI is InChI=1S/C26H15N5S/c1-2-7-17(15(6-1)16-8-3-11-20-21(16)29-14-32-20)26-30-24-18-9-4-12-27-22(18)23-19(25(24)31-26)10-5-13-28-23/h1-14H,(H,30,31). The fourth-order valence-corrected chi connectivity index (χ4v) is 5.20. The number of aromatic nitrogens is 5. The zero-order valence-electron chi connectivity index (χ0n) is 16.8. The molecule has 0 radical (unpaired) electrons. The van der Waals surface area contributed by atoms with Crippen LogP contribution in [-0.4, -0.2) is 24.9 Å². The van der Waals surface area contributed by atoms with Crippen molar-refractivity contribution in [3.63, 3.8) is 0 Å². The van der Waals surface area contributed by atoms with Crippen LogP contribution in [0.1, 0.15) is 0 Å². The van der Waals surface area contributed by atoms with E-state index in [4.69, 9.17) is 4.98 Å². The summed E-state index contributed by atoms with van der Waals surface area (Å²) in [5, 5.41) is 2.02. The van der Waals surface area contributed by atoms with Crippen molar-refractivity contribution in [1.82, 2.24) is 24.9 Å². The van der Waals surface area contributed by atoms with Crippen LogP contribution in [0, 0.1) is 0 Å². The van der Waals surface area contributed by atoms with E-state index in [1.54, 1.807) is 17.5 Å². The van der Waals surface area contributed by atoms with Crippen LogP contribution in [0.4, 0.5) is 0 Å². The molecular weight excluding hydrogens is 414 g/mol. The molecule has 5 nitrogen and oxygen atoms in total. The number of rotatable bonds is 2. The monoisotopic (exact) mass is 429 g/mol. The normalized spacial score (nSPS) is 11.8. The van der Waals surface area contributed by atoms with Crippen molar-refractivity contribution in [1.29, 1.82) is 0 Å². The Hall–Kier alpha value is -4.16. The van der Waals surface area contributed by atoms with Gasteiger partial charge < -0.3 is 4.98 Å². The molecule has 0 unspecified atom stereocenters. The van der Waals surface area contributed by atoms with E-state index in [2.05, 4.69) is 68.5 Å². The van der Waals surface area contributed by atoms with E-state index < -0.39 is 0 Å². The summed E-state index contributed by atoms with van der Waals surface area (Å²) < 4.78 is 1.18. The zero-order chi connectivity index (χ0) is 21.1. The number of fused-ring (bicyclic) bond motifs is 7. The molecule has 4 aromatic heterocycles. The number of hydrogen-bond donors (Lipinski definition) is 1.